The molecule has 0 N–H and O–H groups in total. The van der Waals surface area contributed by atoms with Crippen LogP contribution in [0.15, 0.2) is 164 Å². The van der Waals surface area contributed by atoms with Crippen molar-refractivity contribution in [3.63, 3.8) is 0 Å². The van der Waals surface area contributed by atoms with Crippen LogP contribution in [0.25, 0.3) is 63.6 Å². The monoisotopic (exact) mass is 577 g/mol. The topological polar surface area (TPSA) is 3.24 Å². The molecule has 0 atom stereocenters. The molecular formula is C42H27NS. The molecule has 1 heterocycles. The van der Waals surface area contributed by atoms with Gasteiger partial charge in [0.05, 0.1) is 11.4 Å². The van der Waals surface area contributed by atoms with Crippen LogP contribution in [0.3, 0.4) is 0 Å². The van der Waals surface area contributed by atoms with Gasteiger partial charge in [-0.1, -0.05) is 133 Å². The van der Waals surface area contributed by atoms with Crippen LogP contribution >= 0.6 is 11.3 Å². The summed E-state index contributed by atoms with van der Waals surface area (Å²) < 4.78 is 2.61. The lowest BCUT2D eigenvalue weighted by Gasteiger charge is -2.30. The lowest BCUT2D eigenvalue weighted by molar-refractivity contribution is 1.31. The van der Waals surface area contributed by atoms with Crippen LogP contribution in [0.5, 0.6) is 0 Å². The maximum atomic E-state index is 2.48. The minimum atomic E-state index is 1.15. The van der Waals surface area contributed by atoms with Gasteiger partial charge >= 0.3 is 0 Å². The van der Waals surface area contributed by atoms with Crippen LogP contribution < -0.4 is 4.90 Å². The fourth-order valence-electron chi connectivity index (χ4n) is 6.82. The number of anilines is 3. The number of nitrogens with zero attached hydrogens (tertiary/aromatic N) is 1. The summed E-state index contributed by atoms with van der Waals surface area (Å²) in [6, 6.07) is 59.8. The van der Waals surface area contributed by atoms with Gasteiger partial charge in [0, 0.05) is 36.8 Å². The highest BCUT2D eigenvalue weighted by Gasteiger charge is 2.21. The van der Waals surface area contributed by atoms with E-state index in [2.05, 4.69) is 169 Å². The SMILES string of the molecule is c1ccc(-c2ccccc2N(c2ccc3c(c2)sc2ccccc23)c2cc3c4ccccc4ccc3c3ccccc23)cc1. The Balaban J connectivity index is 1.40. The van der Waals surface area contributed by atoms with E-state index < -0.39 is 0 Å². The van der Waals surface area contributed by atoms with Crippen LogP contribution in [0.4, 0.5) is 17.1 Å². The van der Waals surface area contributed by atoms with E-state index in [1.807, 2.05) is 11.3 Å². The van der Waals surface area contributed by atoms with Crippen LogP contribution in [0.2, 0.25) is 0 Å². The number of para-hydroxylation sites is 1. The Morgan fingerprint density at radius 2 is 1.00 bits per heavy atom. The summed E-state index contributed by atoms with van der Waals surface area (Å²) in [7, 11) is 0. The van der Waals surface area contributed by atoms with Crippen molar-refractivity contribution >= 4 is 80.9 Å². The third kappa shape index (κ3) is 3.92. The molecule has 1 aromatic heterocycles. The zero-order valence-electron chi connectivity index (χ0n) is 23.9. The molecule has 0 amide bonds. The molecule has 0 aliphatic heterocycles. The van der Waals surface area contributed by atoms with E-state index in [4.69, 9.17) is 0 Å². The van der Waals surface area contributed by atoms with Crippen molar-refractivity contribution in [3.05, 3.63) is 164 Å². The molecule has 0 fully saturated rings. The second-order valence-electron chi connectivity index (χ2n) is 11.3. The van der Waals surface area contributed by atoms with Crippen LogP contribution in [-0.4, -0.2) is 0 Å². The summed E-state index contributed by atoms with van der Waals surface area (Å²) in [4.78, 5) is 2.48. The van der Waals surface area contributed by atoms with Gasteiger partial charge in [0.2, 0.25) is 0 Å². The van der Waals surface area contributed by atoms with Gasteiger partial charge in [-0.2, -0.15) is 0 Å². The lowest BCUT2D eigenvalue weighted by atomic mass is 9.94. The molecule has 9 rings (SSSR count). The van der Waals surface area contributed by atoms with Gasteiger partial charge in [-0.05, 0) is 62.8 Å². The molecule has 0 unspecified atom stereocenters. The van der Waals surface area contributed by atoms with Crippen molar-refractivity contribution in [1.82, 2.24) is 0 Å². The van der Waals surface area contributed by atoms with Crippen molar-refractivity contribution < 1.29 is 0 Å². The molecule has 0 radical (unpaired) electrons. The standard InChI is InChI=1S/C42H27NS/c1-2-12-28(13-3-1)32-16-8-10-20-39(32)43(30-23-25-37-36-19-9-11-21-41(36)44-42(37)26-30)40-27-38-31-15-5-4-14-29(31)22-24-34(38)33-17-6-7-18-35(33)40/h1-27H. The zero-order chi connectivity index (χ0) is 29.0. The minimum Gasteiger partial charge on any atom is -0.309 e. The zero-order valence-corrected chi connectivity index (χ0v) is 24.8. The third-order valence-electron chi connectivity index (χ3n) is 8.84. The Bertz CT molecular complexity index is 2510. The van der Waals surface area contributed by atoms with Crippen LogP contribution in [-0.2, 0) is 0 Å². The van der Waals surface area contributed by atoms with E-state index in [0.29, 0.717) is 0 Å². The maximum Gasteiger partial charge on any atom is 0.0546 e. The Morgan fingerprint density at radius 3 is 1.89 bits per heavy atom. The highest BCUT2D eigenvalue weighted by molar-refractivity contribution is 7.25. The maximum absolute atomic E-state index is 2.48. The molecule has 9 aromatic rings. The van der Waals surface area contributed by atoms with Crippen molar-refractivity contribution in [1.29, 1.82) is 0 Å². The summed E-state index contributed by atoms with van der Waals surface area (Å²) in [6.07, 6.45) is 0. The number of hydrogen-bond acceptors (Lipinski definition) is 2. The molecule has 8 aromatic carbocycles. The van der Waals surface area contributed by atoms with E-state index in [-0.39, 0.29) is 0 Å². The molecule has 2 heteroatoms. The number of thiophene rings is 1. The van der Waals surface area contributed by atoms with E-state index in [9.17, 15) is 0 Å². The van der Waals surface area contributed by atoms with Gasteiger partial charge in [0.25, 0.3) is 0 Å². The number of benzene rings is 8. The molecule has 0 aliphatic rings. The summed E-state index contributed by atoms with van der Waals surface area (Å²) in [5, 5.41) is 10.2. The Labute approximate surface area is 259 Å². The number of rotatable bonds is 4. The molecule has 0 saturated carbocycles. The van der Waals surface area contributed by atoms with Crippen molar-refractivity contribution in [2.45, 2.75) is 0 Å². The van der Waals surface area contributed by atoms with Gasteiger partial charge in [0.1, 0.15) is 0 Å². The van der Waals surface area contributed by atoms with E-state index in [1.165, 1.54) is 69.3 Å². The smallest absolute Gasteiger partial charge is 0.0546 e. The highest BCUT2D eigenvalue weighted by atomic mass is 32.1. The third-order valence-corrected chi connectivity index (χ3v) is 9.97. The summed E-state index contributed by atoms with van der Waals surface area (Å²) in [5.74, 6) is 0. The first-order chi connectivity index (χ1) is 21.8. The second-order valence-corrected chi connectivity index (χ2v) is 12.4. The Morgan fingerprint density at radius 1 is 0.364 bits per heavy atom. The number of hydrogen-bond donors (Lipinski definition) is 0. The first-order valence-electron chi connectivity index (χ1n) is 15.0. The number of fused-ring (bicyclic) bond motifs is 8. The van der Waals surface area contributed by atoms with E-state index in [1.54, 1.807) is 0 Å². The van der Waals surface area contributed by atoms with Gasteiger partial charge in [0.15, 0.2) is 0 Å². The summed E-state index contributed by atoms with van der Waals surface area (Å²) in [5.41, 5.74) is 5.88. The largest absolute Gasteiger partial charge is 0.309 e. The fraction of sp³-hybridized carbons (Fsp3) is 0. The van der Waals surface area contributed by atoms with Crippen LogP contribution in [0.1, 0.15) is 0 Å². The molecular weight excluding hydrogens is 551 g/mol. The van der Waals surface area contributed by atoms with Gasteiger partial charge in [-0.15, -0.1) is 11.3 Å². The lowest BCUT2D eigenvalue weighted by Crippen LogP contribution is -2.12. The van der Waals surface area contributed by atoms with Gasteiger partial charge in [-0.25, -0.2) is 0 Å². The predicted molar refractivity (Wildman–Crippen MR) is 192 cm³/mol. The van der Waals surface area contributed by atoms with Gasteiger partial charge in [-0.3, -0.25) is 0 Å². The van der Waals surface area contributed by atoms with Crippen molar-refractivity contribution in [2.75, 3.05) is 4.90 Å². The molecule has 0 spiro atoms. The molecule has 0 aliphatic carbocycles. The van der Waals surface area contributed by atoms with Gasteiger partial charge < -0.3 is 4.90 Å². The minimum absolute atomic E-state index is 1.15. The molecule has 44 heavy (non-hydrogen) atoms. The molecule has 1 nitrogen and oxygen atoms in total. The average molecular weight is 578 g/mol. The first-order valence-corrected chi connectivity index (χ1v) is 15.8. The first kappa shape index (κ1) is 25.1. The van der Waals surface area contributed by atoms with Crippen molar-refractivity contribution in [3.8, 4) is 11.1 Å². The Hall–Kier alpha value is -5.44. The fourth-order valence-corrected chi connectivity index (χ4v) is 7.96. The summed E-state index contributed by atoms with van der Waals surface area (Å²) >= 11 is 1.87. The highest BCUT2D eigenvalue weighted by Crippen LogP contribution is 2.47. The average Bonchev–Trinajstić information content (AvgIpc) is 3.47. The molecule has 0 bridgehead atoms. The summed E-state index contributed by atoms with van der Waals surface area (Å²) in [6.45, 7) is 0. The molecule has 0 saturated heterocycles. The van der Waals surface area contributed by atoms with E-state index in [0.717, 1.165) is 11.4 Å². The van der Waals surface area contributed by atoms with E-state index >= 15 is 0 Å². The predicted octanol–water partition coefficient (Wildman–Crippen LogP) is 12.7. The normalized spacial score (nSPS) is 11.6. The van der Waals surface area contributed by atoms with Crippen LogP contribution in [0, 0.1) is 0 Å². The van der Waals surface area contributed by atoms with Crippen molar-refractivity contribution in [2.24, 2.45) is 0 Å². The Kier molecular flexibility index (Phi) is 5.75. The second kappa shape index (κ2) is 10.1. The molecule has 206 valence electrons. The quantitative estimate of drug-likeness (QED) is 0.188.